The molecule has 0 aromatic carbocycles. The van der Waals surface area contributed by atoms with Crippen LogP contribution in [-0.2, 0) is 19.6 Å². The van der Waals surface area contributed by atoms with Crippen molar-refractivity contribution in [3.63, 3.8) is 0 Å². The van der Waals surface area contributed by atoms with Crippen LogP contribution in [0, 0.1) is 5.92 Å². The molecule has 0 heterocycles. The highest BCUT2D eigenvalue weighted by atomic mass is 32.2. The molecule has 0 aromatic rings. The van der Waals surface area contributed by atoms with Gasteiger partial charge in [-0.1, -0.05) is 13.8 Å². The van der Waals surface area contributed by atoms with Crippen LogP contribution in [-0.4, -0.2) is 64.8 Å². The Labute approximate surface area is 175 Å². The van der Waals surface area contributed by atoms with Gasteiger partial charge in [-0.15, -0.1) is 0 Å². The summed E-state index contributed by atoms with van der Waals surface area (Å²) in [4.78, 5) is 24.1. The Kier molecular flexibility index (Phi) is 8.21. The number of carbonyl (C=O) groups excluding carboxylic acids is 2. The van der Waals surface area contributed by atoms with Gasteiger partial charge >= 0.3 is 39.4 Å². The lowest BCUT2D eigenvalue weighted by Crippen LogP contribution is -2.68. The molecule has 0 aliphatic carbocycles. The van der Waals surface area contributed by atoms with Crippen molar-refractivity contribution in [2.75, 3.05) is 0 Å². The summed E-state index contributed by atoms with van der Waals surface area (Å²) in [5.41, 5.74) is -1.01. The van der Waals surface area contributed by atoms with E-state index in [2.05, 4.69) is 4.74 Å². The summed E-state index contributed by atoms with van der Waals surface area (Å²) in [6.45, 7) is 4.71. The first-order valence-electron chi connectivity index (χ1n) is 8.22. The summed E-state index contributed by atoms with van der Waals surface area (Å²) < 4.78 is 147. The molecule has 0 aliphatic heterocycles. The molecule has 0 aromatic heterocycles. The number of nitrogens with zero attached hydrogens (tertiary/aromatic N) is 1. The van der Waals surface area contributed by atoms with Gasteiger partial charge in [0.1, 0.15) is 11.6 Å². The molecule has 18 heteroatoms. The molecule has 0 spiro atoms. The van der Waals surface area contributed by atoms with Gasteiger partial charge in [-0.05, 0) is 26.7 Å². The maximum absolute atomic E-state index is 14.3. The van der Waals surface area contributed by atoms with Crippen molar-refractivity contribution in [1.82, 2.24) is 9.79 Å². The molecule has 8 nitrogen and oxygen atoms in total. The monoisotopic (exact) mass is 514 g/mol. The molecule has 0 rings (SSSR count). The summed E-state index contributed by atoms with van der Waals surface area (Å²) in [5, 5.41) is 1.40. The average Bonchev–Trinajstić information content (AvgIpc) is 2.54. The third kappa shape index (κ3) is 5.15. The highest BCUT2D eigenvalue weighted by Crippen LogP contribution is 2.55. The minimum Gasteiger partial charge on any atom is -0.443 e. The Morgan fingerprint density at radius 2 is 1.31 bits per heavy atom. The number of alkyl halides is 9. The fraction of sp³-hybridized carbons (Fsp3) is 0.857. The van der Waals surface area contributed by atoms with Gasteiger partial charge < -0.3 is 4.74 Å². The summed E-state index contributed by atoms with van der Waals surface area (Å²) in [5.74, 6) is -18.9. The molecule has 32 heavy (non-hydrogen) atoms. The Bertz CT molecular complexity index is 822. The van der Waals surface area contributed by atoms with E-state index >= 15 is 0 Å². The number of hydrogen-bond acceptors (Lipinski definition) is 6. The molecule has 0 radical (unpaired) electrons. The molecule has 0 saturated carbocycles. The SMILES string of the molecule is CC(C)C(C(=O)NO)N(C(=O)OC(C)(C)C)S(=O)(=O)C(F)(F)C(F)(F)C(F)(F)C(F)(F)F. The maximum atomic E-state index is 14.3. The number of carbonyl (C=O) groups is 2. The first-order valence-corrected chi connectivity index (χ1v) is 9.66. The molecular weight excluding hydrogens is 495 g/mol. The number of amides is 2. The van der Waals surface area contributed by atoms with Gasteiger partial charge in [-0.3, -0.25) is 10.0 Å². The number of rotatable bonds is 7. The Balaban J connectivity index is 7.10. The lowest BCUT2D eigenvalue weighted by atomic mass is 10.0. The Hall–Kier alpha value is -1.98. The van der Waals surface area contributed by atoms with Crippen LogP contribution in [0.1, 0.15) is 34.6 Å². The molecule has 1 atom stereocenters. The van der Waals surface area contributed by atoms with Crippen LogP contribution >= 0.6 is 0 Å². The van der Waals surface area contributed by atoms with E-state index in [4.69, 9.17) is 5.21 Å². The van der Waals surface area contributed by atoms with Crippen LogP contribution in [0.25, 0.3) is 0 Å². The van der Waals surface area contributed by atoms with E-state index < -0.39 is 67.2 Å². The van der Waals surface area contributed by atoms with Crippen molar-refractivity contribution in [3.8, 4) is 0 Å². The smallest absolute Gasteiger partial charge is 0.443 e. The summed E-state index contributed by atoms with van der Waals surface area (Å²) >= 11 is 0. The zero-order chi connectivity index (χ0) is 26.3. The zero-order valence-electron chi connectivity index (χ0n) is 16.9. The number of sulfonamides is 1. The van der Waals surface area contributed by atoms with Crippen LogP contribution in [0.3, 0.4) is 0 Å². The second-order valence-electron chi connectivity index (χ2n) is 7.61. The highest BCUT2D eigenvalue weighted by molar-refractivity contribution is 7.90. The van der Waals surface area contributed by atoms with Gasteiger partial charge in [-0.25, -0.2) is 10.3 Å². The molecule has 0 fully saturated rings. The quantitative estimate of drug-likeness (QED) is 0.306. The first kappa shape index (κ1) is 30.0. The van der Waals surface area contributed by atoms with Crippen molar-refractivity contribution in [2.24, 2.45) is 5.92 Å². The van der Waals surface area contributed by atoms with E-state index in [0.29, 0.717) is 0 Å². The fourth-order valence-electron chi connectivity index (χ4n) is 2.06. The van der Waals surface area contributed by atoms with E-state index in [-0.39, 0.29) is 0 Å². The fourth-order valence-corrected chi connectivity index (χ4v) is 3.63. The molecule has 2 amide bonds. The lowest BCUT2D eigenvalue weighted by molar-refractivity contribution is -0.382. The van der Waals surface area contributed by atoms with E-state index in [1.54, 1.807) is 0 Å². The lowest BCUT2D eigenvalue weighted by Gasteiger charge is -2.38. The molecule has 0 bridgehead atoms. The molecule has 190 valence electrons. The van der Waals surface area contributed by atoms with Gasteiger partial charge in [0.15, 0.2) is 0 Å². The maximum Gasteiger partial charge on any atom is 0.460 e. The van der Waals surface area contributed by atoms with Crippen molar-refractivity contribution in [1.29, 1.82) is 0 Å². The number of nitrogens with one attached hydrogen (secondary N) is 1. The number of halogens is 9. The molecule has 1 unspecified atom stereocenters. The predicted molar refractivity (Wildman–Crippen MR) is 86.4 cm³/mol. The summed E-state index contributed by atoms with van der Waals surface area (Å²) in [6.07, 6.45) is -9.84. The van der Waals surface area contributed by atoms with E-state index in [0.717, 1.165) is 40.1 Å². The summed E-state index contributed by atoms with van der Waals surface area (Å²) in [7, 11) is -7.55. The van der Waals surface area contributed by atoms with Crippen LogP contribution in [0.2, 0.25) is 0 Å². The normalized spacial score (nSPS) is 15.4. The van der Waals surface area contributed by atoms with Crippen LogP contribution in [0.4, 0.5) is 44.3 Å². The summed E-state index contributed by atoms with van der Waals surface area (Å²) in [6, 6.07) is -2.83. The number of hydroxylamine groups is 1. The molecule has 0 aliphatic rings. The van der Waals surface area contributed by atoms with Crippen molar-refractivity contribution in [2.45, 2.75) is 69.5 Å². The van der Waals surface area contributed by atoms with Gasteiger partial charge in [-0.2, -0.15) is 52.2 Å². The molecule has 2 N–H and O–H groups in total. The Morgan fingerprint density at radius 1 is 0.906 bits per heavy atom. The van der Waals surface area contributed by atoms with Gasteiger partial charge in [0, 0.05) is 0 Å². The minimum absolute atomic E-state index is 0.748. The van der Waals surface area contributed by atoms with Crippen LogP contribution in [0.5, 0.6) is 0 Å². The zero-order valence-corrected chi connectivity index (χ0v) is 17.7. The Morgan fingerprint density at radius 3 is 1.59 bits per heavy atom. The second kappa shape index (κ2) is 8.75. The minimum atomic E-state index is -7.66. The van der Waals surface area contributed by atoms with Crippen LogP contribution < -0.4 is 5.48 Å². The van der Waals surface area contributed by atoms with Gasteiger partial charge in [0.25, 0.3) is 5.91 Å². The number of ether oxygens (including phenoxy) is 1. The van der Waals surface area contributed by atoms with Gasteiger partial charge in [0.2, 0.25) is 0 Å². The van der Waals surface area contributed by atoms with E-state index in [1.165, 1.54) is 0 Å². The topological polar surface area (TPSA) is 113 Å². The van der Waals surface area contributed by atoms with Crippen molar-refractivity contribution in [3.05, 3.63) is 0 Å². The van der Waals surface area contributed by atoms with Crippen LogP contribution in [0.15, 0.2) is 0 Å². The predicted octanol–water partition coefficient (Wildman–Crippen LogP) is 3.51. The first-order chi connectivity index (χ1) is 13.8. The standard InChI is InChI=1S/C14H19F9N2O6S/c1-6(2)7(8(26)24-28)25(9(27)31-10(3,4)5)32(29,30)14(22,23)12(17,18)11(15,16)13(19,20)21/h6-7,28H,1-5H3,(H,24,26). The third-order valence-corrected chi connectivity index (χ3v) is 5.33. The highest BCUT2D eigenvalue weighted by Gasteiger charge is 2.86. The third-order valence-electron chi connectivity index (χ3n) is 3.54. The van der Waals surface area contributed by atoms with E-state index in [9.17, 15) is 57.5 Å². The second-order valence-corrected chi connectivity index (χ2v) is 9.47. The van der Waals surface area contributed by atoms with E-state index in [1.807, 2.05) is 0 Å². The van der Waals surface area contributed by atoms with Crippen molar-refractivity contribution >= 4 is 22.0 Å². The number of hydrogen-bond donors (Lipinski definition) is 2. The molecule has 0 saturated heterocycles. The molecular formula is C14H19F9N2O6S. The van der Waals surface area contributed by atoms with Crippen molar-refractivity contribution < 1.29 is 67.5 Å². The largest absolute Gasteiger partial charge is 0.460 e. The van der Waals surface area contributed by atoms with Gasteiger partial charge in [0.05, 0.1) is 0 Å². The average molecular weight is 514 g/mol.